The molecule has 2 heterocycles. The molecule has 0 aromatic heterocycles. The Kier molecular flexibility index (Phi) is 4.64. The molecule has 1 N–H and O–H groups in total. The van der Waals surface area contributed by atoms with E-state index in [9.17, 15) is 9.18 Å². The van der Waals surface area contributed by atoms with Crippen LogP contribution in [0.15, 0.2) is 48.5 Å². The van der Waals surface area contributed by atoms with Gasteiger partial charge in [0.2, 0.25) is 0 Å². The number of amides is 1. The summed E-state index contributed by atoms with van der Waals surface area (Å²) in [5.74, 6) is 1.14. The van der Waals surface area contributed by atoms with Crippen LogP contribution in [0.2, 0.25) is 0 Å². The first-order valence-corrected chi connectivity index (χ1v) is 9.07. The van der Waals surface area contributed by atoms with E-state index in [1.54, 1.807) is 12.1 Å². The van der Waals surface area contributed by atoms with Crippen LogP contribution in [0.1, 0.15) is 17.2 Å². The highest BCUT2D eigenvalue weighted by Gasteiger charge is 2.46. The van der Waals surface area contributed by atoms with Crippen molar-refractivity contribution in [2.75, 3.05) is 26.2 Å². The zero-order valence-electron chi connectivity index (χ0n) is 14.8. The fourth-order valence-corrected chi connectivity index (χ4v) is 4.24. The number of carbonyl (C=O) groups is 1. The highest BCUT2D eigenvalue weighted by atomic mass is 19.1. The molecule has 4 nitrogen and oxygen atoms in total. The fraction of sp³-hybridized carbons (Fsp3) is 0.381. The second-order valence-electron chi connectivity index (χ2n) is 7.18. The average molecular weight is 354 g/mol. The maximum Gasteiger partial charge on any atom is 0.261 e. The molecule has 2 fully saturated rings. The van der Waals surface area contributed by atoms with Crippen LogP contribution in [-0.4, -0.2) is 37.0 Å². The van der Waals surface area contributed by atoms with Gasteiger partial charge < -0.3 is 15.0 Å². The molecule has 0 radical (unpaired) electrons. The van der Waals surface area contributed by atoms with Gasteiger partial charge in [-0.2, -0.15) is 0 Å². The van der Waals surface area contributed by atoms with Crippen molar-refractivity contribution in [3.8, 4) is 5.75 Å². The first-order chi connectivity index (χ1) is 12.6. The van der Waals surface area contributed by atoms with Crippen LogP contribution in [0.4, 0.5) is 4.39 Å². The van der Waals surface area contributed by atoms with Gasteiger partial charge in [0.05, 0.1) is 6.04 Å². The average Bonchev–Trinajstić information content (AvgIpc) is 3.21. The number of nitrogens with one attached hydrogen (secondary N) is 1. The van der Waals surface area contributed by atoms with Crippen LogP contribution < -0.4 is 10.1 Å². The number of ether oxygens (including phenoxy) is 1. The first kappa shape index (κ1) is 17.0. The molecule has 2 aromatic carbocycles. The van der Waals surface area contributed by atoms with Gasteiger partial charge in [-0.3, -0.25) is 4.79 Å². The molecule has 2 aromatic rings. The quantitative estimate of drug-likeness (QED) is 0.918. The van der Waals surface area contributed by atoms with E-state index in [0.29, 0.717) is 18.4 Å². The molecule has 1 amide bonds. The number of nitrogens with zero attached hydrogens (tertiary/aromatic N) is 1. The van der Waals surface area contributed by atoms with Gasteiger partial charge in [-0.25, -0.2) is 4.39 Å². The van der Waals surface area contributed by atoms with Crippen molar-refractivity contribution in [1.29, 1.82) is 0 Å². The molecule has 0 spiro atoms. The molecule has 0 bridgehead atoms. The summed E-state index contributed by atoms with van der Waals surface area (Å²) in [6.45, 7) is 4.41. The molecule has 2 aliphatic rings. The summed E-state index contributed by atoms with van der Waals surface area (Å²) >= 11 is 0. The van der Waals surface area contributed by atoms with Gasteiger partial charge in [-0.1, -0.05) is 30.3 Å². The number of carbonyl (C=O) groups excluding carboxylic acids is 1. The first-order valence-electron chi connectivity index (χ1n) is 9.07. The Morgan fingerprint density at radius 1 is 1.23 bits per heavy atom. The Morgan fingerprint density at radius 3 is 2.88 bits per heavy atom. The molecule has 0 aliphatic carbocycles. The lowest BCUT2D eigenvalue weighted by molar-refractivity contribution is -0.134. The predicted molar refractivity (Wildman–Crippen MR) is 97.4 cm³/mol. The van der Waals surface area contributed by atoms with Gasteiger partial charge in [0.25, 0.3) is 5.91 Å². The molecule has 2 saturated heterocycles. The molecule has 26 heavy (non-hydrogen) atoms. The van der Waals surface area contributed by atoms with Crippen LogP contribution in [0, 0.1) is 24.6 Å². The van der Waals surface area contributed by atoms with E-state index in [0.717, 1.165) is 30.0 Å². The van der Waals surface area contributed by atoms with Crippen molar-refractivity contribution in [3.05, 3.63) is 65.5 Å². The molecule has 136 valence electrons. The number of halogens is 1. The van der Waals surface area contributed by atoms with Crippen molar-refractivity contribution in [3.63, 3.8) is 0 Å². The summed E-state index contributed by atoms with van der Waals surface area (Å²) in [5, 5.41) is 3.40. The lowest BCUT2D eigenvalue weighted by Gasteiger charge is -2.28. The molecule has 0 saturated carbocycles. The van der Waals surface area contributed by atoms with Gasteiger partial charge >= 0.3 is 0 Å². The lowest BCUT2D eigenvalue weighted by atomic mass is 9.89. The van der Waals surface area contributed by atoms with E-state index in [1.807, 2.05) is 42.2 Å². The number of rotatable bonds is 4. The minimum Gasteiger partial charge on any atom is -0.484 e. The van der Waals surface area contributed by atoms with Gasteiger partial charge in [0.15, 0.2) is 6.61 Å². The zero-order chi connectivity index (χ0) is 18.1. The molecular formula is C21H23FN2O2. The monoisotopic (exact) mass is 354 g/mol. The Hall–Kier alpha value is -2.40. The molecule has 2 aliphatic heterocycles. The van der Waals surface area contributed by atoms with Crippen molar-refractivity contribution >= 4 is 5.91 Å². The van der Waals surface area contributed by atoms with E-state index in [4.69, 9.17) is 4.74 Å². The third kappa shape index (κ3) is 3.19. The van der Waals surface area contributed by atoms with Crippen LogP contribution in [-0.2, 0) is 4.79 Å². The largest absolute Gasteiger partial charge is 0.484 e. The van der Waals surface area contributed by atoms with E-state index in [2.05, 4.69) is 5.32 Å². The van der Waals surface area contributed by atoms with Gasteiger partial charge in [-0.15, -0.1) is 0 Å². The van der Waals surface area contributed by atoms with Crippen molar-refractivity contribution < 1.29 is 13.9 Å². The standard InChI is InChI=1S/C21H23FN2O2/c1-14-5-2-3-8-19(14)26-13-20(25)24-12-16-10-23-11-18(16)21(24)15-6-4-7-17(22)9-15/h2-9,16,18,21,23H,10-13H2,1H3/t16-,18-,21+/m0/s1. The summed E-state index contributed by atoms with van der Waals surface area (Å²) in [7, 11) is 0. The highest BCUT2D eigenvalue weighted by Crippen LogP contribution is 2.42. The lowest BCUT2D eigenvalue weighted by Crippen LogP contribution is -2.37. The molecular weight excluding hydrogens is 331 g/mol. The predicted octanol–water partition coefficient (Wildman–Crippen LogP) is 2.93. The van der Waals surface area contributed by atoms with Crippen molar-refractivity contribution in [2.45, 2.75) is 13.0 Å². The van der Waals surface area contributed by atoms with Crippen LogP contribution in [0.25, 0.3) is 0 Å². The van der Waals surface area contributed by atoms with Crippen LogP contribution in [0.3, 0.4) is 0 Å². The normalized spacial score (nSPS) is 24.5. The maximum absolute atomic E-state index is 13.8. The summed E-state index contributed by atoms with van der Waals surface area (Å²) in [6.07, 6.45) is 0. The molecule has 4 rings (SSSR count). The smallest absolute Gasteiger partial charge is 0.261 e. The topological polar surface area (TPSA) is 41.6 Å². The number of benzene rings is 2. The number of hydrogen-bond acceptors (Lipinski definition) is 3. The highest BCUT2D eigenvalue weighted by molar-refractivity contribution is 5.79. The number of fused-ring (bicyclic) bond motifs is 1. The Labute approximate surface area is 153 Å². The molecule has 5 heteroatoms. The van der Waals surface area contributed by atoms with E-state index in [1.165, 1.54) is 6.07 Å². The van der Waals surface area contributed by atoms with Crippen molar-refractivity contribution in [2.24, 2.45) is 11.8 Å². The maximum atomic E-state index is 13.8. The summed E-state index contributed by atoms with van der Waals surface area (Å²) in [6, 6.07) is 14.2. The molecule has 0 unspecified atom stereocenters. The van der Waals surface area contributed by atoms with E-state index in [-0.39, 0.29) is 24.4 Å². The number of para-hydroxylation sites is 1. The van der Waals surface area contributed by atoms with Crippen LogP contribution >= 0.6 is 0 Å². The number of hydrogen-bond donors (Lipinski definition) is 1. The zero-order valence-corrected chi connectivity index (χ0v) is 14.8. The Morgan fingerprint density at radius 2 is 2.08 bits per heavy atom. The summed E-state index contributed by atoms with van der Waals surface area (Å²) in [4.78, 5) is 14.8. The number of likely N-dealkylation sites (tertiary alicyclic amines) is 1. The SMILES string of the molecule is Cc1ccccc1OCC(=O)N1C[C@@H]2CNC[C@@H]2[C@H]1c1cccc(F)c1. The molecule has 3 atom stereocenters. The number of aryl methyl sites for hydroxylation is 1. The fourth-order valence-electron chi connectivity index (χ4n) is 4.24. The van der Waals surface area contributed by atoms with Crippen molar-refractivity contribution in [1.82, 2.24) is 10.2 Å². The summed E-state index contributed by atoms with van der Waals surface area (Å²) < 4.78 is 19.5. The second kappa shape index (κ2) is 7.08. The van der Waals surface area contributed by atoms with E-state index < -0.39 is 0 Å². The second-order valence-corrected chi connectivity index (χ2v) is 7.18. The van der Waals surface area contributed by atoms with Gasteiger partial charge in [0, 0.05) is 25.6 Å². The Balaban J connectivity index is 1.53. The third-order valence-electron chi connectivity index (χ3n) is 5.52. The minimum absolute atomic E-state index is 0.00351. The third-order valence-corrected chi connectivity index (χ3v) is 5.52. The van der Waals surface area contributed by atoms with Gasteiger partial charge in [0.1, 0.15) is 11.6 Å². The Bertz CT molecular complexity index is 810. The van der Waals surface area contributed by atoms with Crippen LogP contribution in [0.5, 0.6) is 5.75 Å². The minimum atomic E-state index is -0.263. The van der Waals surface area contributed by atoms with E-state index >= 15 is 0 Å². The summed E-state index contributed by atoms with van der Waals surface area (Å²) in [5.41, 5.74) is 1.87. The van der Waals surface area contributed by atoms with Gasteiger partial charge in [-0.05, 0) is 42.2 Å².